The number of carbonyl (C=O) groups is 2. The molecule has 0 bridgehead atoms. The van der Waals surface area contributed by atoms with E-state index in [0.29, 0.717) is 25.9 Å². The van der Waals surface area contributed by atoms with Crippen LogP contribution in [-0.4, -0.2) is 53.9 Å². The number of aliphatic carboxylic acids is 1. The summed E-state index contributed by atoms with van der Waals surface area (Å²) in [6, 6.07) is 0. The zero-order valence-electron chi connectivity index (χ0n) is 14.6. The molecule has 2 unspecified atom stereocenters. The van der Waals surface area contributed by atoms with Gasteiger partial charge in [0, 0.05) is 24.9 Å². The summed E-state index contributed by atoms with van der Waals surface area (Å²) in [7, 11) is 0. The second-order valence-electron chi connectivity index (χ2n) is 6.54. The van der Waals surface area contributed by atoms with Crippen LogP contribution in [0.3, 0.4) is 0 Å². The number of aliphatic hydroxyl groups excluding tert-OH is 1. The minimum Gasteiger partial charge on any atom is -0.479 e. The molecule has 0 radical (unpaired) electrons. The zero-order valence-corrected chi connectivity index (χ0v) is 14.6. The summed E-state index contributed by atoms with van der Waals surface area (Å²) in [6.07, 6.45) is 6.03. The van der Waals surface area contributed by atoms with Gasteiger partial charge in [0.1, 0.15) is 6.61 Å². The predicted octanol–water partition coefficient (Wildman–Crippen LogP) is 1.88. The number of carboxylic acid groups (broad SMARTS) is 1. The lowest BCUT2D eigenvalue weighted by molar-refractivity contribution is -0.193. The van der Waals surface area contributed by atoms with Gasteiger partial charge >= 0.3 is 11.9 Å². The van der Waals surface area contributed by atoms with Crippen molar-refractivity contribution in [3.8, 4) is 0 Å². The molecular formula is C18H28O7. The highest BCUT2D eigenvalue weighted by molar-refractivity contribution is 5.72. The number of aliphatic hydroxyl groups is 1. The maximum Gasteiger partial charge on any atom is 0.332 e. The first-order valence-corrected chi connectivity index (χ1v) is 9.03. The second-order valence-corrected chi connectivity index (χ2v) is 6.54. The Hall–Kier alpha value is -1.44. The summed E-state index contributed by atoms with van der Waals surface area (Å²) in [4.78, 5) is 22.4. The smallest absolute Gasteiger partial charge is 0.332 e. The maximum absolute atomic E-state index is 11.2. The zero-order chi connectivity index (χ0) is 18.2. The number of hydrogen-bond donors (Lipinski definition) is 2. The first-order valence-electron chi connectivity index (χ1n) is 9.03. The summed E-state index contributed by atoms with van der Waals surface area (Å²) >= 11 is 0. The molecule has 2 aliphatic rings. The molecule has 7 nitrogen and oxygen atoms in total. The number of hydrogen-bond acceptors (Lipinski definition) is 6. The van der Waals surface area contributed by atoms with E-state index in [-0.39, 0.29) is 30.9 Å². The average molecular weight is 356 g/mol. The Balaban J connectivity index is 1.99. The van der Waals surface area contributed by atoms with E-state index in [2.05, 4.69) is 0 Å². The van der Waals surface area contributed by atoms with Gasteiger partial charge in [-0.25, -0.2) is 4.79 Å². The van der Waals surface area contributed by atoms with Crippen LogP contribution in [0.5, 0.6) is 0 Å². The molecule has 0 amide bonds. The van der Waals surface area contributed by atoms with Gasteiger partial charge in [0.05, 0.1) is 6.10 Å². The first kappa shape index (κ1) is 19.9. The second kappa shape index (κ2) is 9.89. The van der Waals surface area contributed by atoms with Crippen molar-refractivity contribution in [1.82, 2.24) is 0 Å². The van der Waals surface area contributed by atoms with Crippen molar-refractivity contribution in [3.63, 3.8) is 0 Å². The molecule has 0 aromatic rings. The maximum atomic E-state index is 11.2. The third-order valence-electron chi connectivity index (χ3n) is 4.82. The van der Waals surface area contributed by atoms with Crippen LogP contribution in [-0.2, 0) is 23.8 Å². The van der Waals surface area contributed by atoms with E-state index >= 15 is 0 Å². The molecule has 2 fully saturated rings. The molecule has 7 heteroatoms. The molecule has 0 aromatic carbocycles. The van der Waals surface area contributed by atoms with Gasteiger partial charge in [-0.05, 0) is 32.1 Å². The molecule has 142 valence electrons. The molecule has 1 aliphatic carbocycles. The Labute approximate surface area is 147 Å². The minimum atomic E-state index is -1.44. The SMILES string of the molecule is CCC(=O)OCC=C[C@@H]1[C@@H](OC2CCCCO2)CC[C@H]1C(O)C(=O)O. The van der Waals surface area contributed by atoms with Crippen LogP contribution in [0, 0.1) is 11.8 Å². The lowest BCUT2D eigenvalue weighted by Crippen LogP contribution is -2.36. The molecule has 2 rings (SSSR count). The van der Waals surface area contributed by atoms with Gasteiger partial charge in [0.15, 0.2) is 12.4 Å². The Morgan fingerprint density at radius 3 is 2.72 bits per heavy atom. The number of esters is 1. The van der Waals surface area contributed by atoms with Crippen LogP contribution in [0.1, 0.15) is 45.4 Å². The van der Waals surface area contributed by atoms with Crippen molar-refractivity contribution >= 4 is 11.9 Å². The van der Waals surface area contributed by atoms with Gasteiger partial charge < -0.3 is 24.4 Å². The van der Waals surface area contributed by atoms with Crippen LogP contribution >= 0.6 is 0 Å². The van der Waals surface area contributed by atoms with E-state index in [9.17, 15) is 14.7 Å². The van der Waals surface area contributed by atoms with Gasteiger partial charge in [0.25, 0.3) is 0 Å². The van der Waals surface area contributed by atoms with Crippen LogP contribution in [0.15, 0.2) is 12.2 Å². The molecule has 25 heavy (non-hydrogen) atoms. The fourth-order valence-corrected chi connectivity index (χ4v) is 3.46. The van der Waals surface area contributed by atoms with E-state index in [0.717, 1.165) is 19.3 Å². The molecule has 1 heterocycles. The van der Waals surface area contributed by atoms with E-state index < -0.39 is 18.0 Å². The Kier molecular flexibility index (Phi) is 7.87. The quantitative estimate of drug-likeness (QED) is 0.506. The van der Waals surface area contributed by atoms with E-state index in [4.69, 9.17) is 19.3 Å². The number of rotatable bonds is 8. The summed E-state index contributed by atoms with van der Waals surface area (Å²) in [5.74, 6) is -2.20. The van der Waals surface area contributed by atoms with Crippen molar-refractivity contribution in [2.24, 2.45) is 11.8 Å². The van der Waals surface area contributed by atoms with Gasteiger partial charge in [-0.3, -0.25) is 4.79 Å². The largest absolute Gasteiger partial charge is 0.479 e. The predicted molar refractivity (Wildman–Crippen MR) is 88.7 cm³/mol. The monoisotopic (exact) mass is 356 g/mol. The standard InChI is InChI=1S/C18H28O7/c1-2-15(19)23-11-5-6-12-13(17(20)18(21)22)8-9-14(12)25-16-7-3-4-10-24-16/h5-6,12-14,16-17,20H,2-4,7-11H2,1H3,(H,21,22)/t12-,13+,14-,16?,17?/m0/s1. The van der Waals surface area contributed by atoms with Crippen LogP contribution < -0.4 is 0 Å². The Morgan fingerprint density at radius 2 is 2.08 bits per heavy atom. The Bertz CT molecular complexity index is 470. The third-order valence-corrected chi connectivity index (χ3v) is 4.82. The minimum absolute atomic E-state index is 0.131. The van der Waals surface area contributed by atoms with Crippen molar-refractivity contribution in [3.05, 3.63) is 12.2 Å². The van der Waals surface area contributed by atoms with Crippen LogP contribution in [0.2, 0.25) is 0 Å². The normalized spacial score (nSPS) is 31.1. The molecule has 2 N–H and O–H groups in total. The van der Waals surface area contributed by atoms with Gasteiger partial charge in [-0.1, -0.05) is 19.1 Å². The molecule has 1 saturated carbocycles. The fourth-order valence-electron chi connectivity index (χ4n) is 3.46. The lowest BCUT2D eigenvalue weighted by atomic mass is 9.89. The number of ether oxygens (including phenoxy) is 3. The first-order chi connectivity index (χ1) is 12.0. The number of carbonyl (C=O) groups excluding carboxylic acids is 1. The molecule has 0 aromatic heterocycles. The molecule has 0 spiro atoms. The number of carboxylic acids is 1. The van der Waals surface area contributed by atoms with Gasteiger partial charge in [-0.2, -0.15) is 0 Å². The summed E-state index contributed by atoms with van der Waals surface area (Å²) in [5, 5.41) is 19.1. The molecular weight excluding hydrogens is 328 g/mol. The van der Waals surface area contributed by atoms with Crippen molar-refractivity contribution in [2.45, 2.75) is 63.9 Å². The van der Waals surface area contributed by atoms with Crippen molar-refractivity contribution in [1.29, 1.82) is 0 Å². The average Bonchev–Trinajstić information content (AvgIpc) is 3.01. The Morgan fingerprint density at radius 1 is 1.28 bits per heavy atom. The van der Waals surface area contributed by atoms with Crippen molar-refractivity contribution < 1.29 is 34.0 Å². The van der Waals surface area contributed by atoms with Gasteiger partial charge in [0.2, 0.25) is 0 Å². The van der Waals surface area contributed by atoms with Crippen LogP contribution in [0.4, 0.5) is 0 Å². The van der Waals surface area contributed by atoms with Gasteiger partial charge in [-0.15, -0.1) is 0 Å². The fraction of sp³-hybridized carbons (Fsp3) is 0.778. The van der Waals surface area contributed by atoms with E-state index in [1.165, 1.54) is 0 Å². The highest BCUT2D eigenvalue weighted by Gasteiger charge is 2.42. The summed E-state index contributed by atoms with van der Waals surface area (Å²) in [5.41, 5.74) is 0. The topological polar surface area (TPSA) is 102 Å². The molecule has 5 atom stereocenters. The summed E-state index contributed by atoms with van der Waals surface area (Å²) < 4.78 is 16.7. The highest BCUT2D eigenvalue weighted by atomic mass is 16.7. The lowest BCUT2D eigenvalue weighted by Gasteiger charge is -2.29. The summed E-state index contributed by atoms with van der Waals surface area (Å²) in [6.45, 7) is 2.52. The van der Waals surface area contributed by atoms with Crippen LogP contribution in [0.25, 0.3) is 0 Å². The highest BCUT2D eigenvalue weighted by Crippen LogP contribution is 2.39. The van der Waals surface area contributed by atoms with Crippen molar-refractivity contribution in [2.75, 3.05) is 13.2 Å². The third kappa shape index (κ3) is 5.80. The molecule has 1 saturated heterocycles. The van der Waals surface area contributed by atoms with E-state index in [1.54, 1.807) is 19.1 Å². The van der Waals surface area contributed by atoms with E-state index in [1.807, 2.05) is 0 Å². The molecule has 1 aliphatic heterocycles.